The van der Waals surface area contributed by atoms with Gasteiger partial charge < -0.3 is 20.4 Å². The topological polar surface area (TPSA) is 73.4 Å². The largest absolute Gasteiger partial charge is 0.369 e. The molecule has 0 aliphatic carbocycles. The SMILES string of the molecule is CCN1CCN(c2ccc(NC(=O)CSc3nnc(Nc4cccc(F)c4)s3)cc2)CC1. The first-order valence-electron chi connectivity index (χ1n) is 10.4. The van der Waals surface area contributed by atoms with Gasteiger partial charge in [-0.05, 0) is 49.0 Å². The van der Waals surface area contributed by atoms with Crippen LogP contribution in [0.1, 0.15) is 6.92 Å². The van der Waals surface area contributed by atoms with Crippen LogP contribution < -0.4 is 15.5 Å². The van der Waals surface area contributed by atoms with E-state index < -0.39 is 0 Å². The van der Waals surface area contributed by atoms with Crippen LogP contribution in [0.25, 0.3) is 0 Å². The first kappa shape index (κ1) is 22.5. The van der Waals surface area contributed by atoms with Crippen LogP contribution in [-0.2, 0) is 4.79 Å². The third-order valence-electron chi connectivity index (χ3n) is 5.14. The number of likely N-dealkylation sites (N-methyl/N-ethyl adjacent to an activating group) is 1. The van der Waals surface area contributed by atoms with Crippen LogP contribution in [-0.4, -0.2) is 59.5 Å². The van der Waals surface area contributed by atoms with Gasteiger partial charge in [0.2, 0.25) is 11.0 Å². The van der Waals surface area contributed by atoms with Crippen molar-refractivity contribution in [3.8, 4) is 0 Å². The van der Waals surface area contributed by atoms with Gasteiger partial charge in [0.05, 0.1) is 5.75 Å². The molecule has 7 nitrogen and oxygen atoms in total. The van der Waals surface area contributed by atoms with Crippen molar-refractivity contribution in [1.82, 2.24) is 15.1 Å². The smallest absolute Gasteiger partial charge is 0.234 e. The van der Waals surface area contributed by atoms with Crippen LogP contribution in [0.2, 0.25) is 0 Å². The van der Waals surface area contributed by atoms with Gasteiger partial charge in [0, 0.05) is 43.2 Å². The van der Waals surface area contributed by atoms with Gasteiger partial charge in [-0.3, -0.25) is 4.79 Å². The molecule has 0 radical (unpaired) electrons. The van der Waals surface area contributed by atoms with Crippen molar-refractivity contribution in [3.63, 3.8) is 0 Å². The number of aromatic nitrogens is 2. The summed E-state index contributed by atoms with van der Waals surface area (Å²) in [4.78, 5) is 17.1. The first-order valence-corrected chi connectivity index (χ1v) is 12.3. The number of halogens is 1. The first-order chi connectivity index (χ1) is 15.6. The highest BCUT2D eigenvalue weighted by atomic mass is 32.2. The Morgan fingerprint density at radius 2 is 1.88 bits per heavy atom. The normalized spacial score (nSPS) is 14.4. The van der Waals surface area contributed by atoms with E-state index in [-0.39, 0.29) is 17.5 Å². The second-order valence-electron chi connectivity index (χ2n) is 7.31. The fraction of sp³-hybridized carbons (Fsp3) is 0.318. The molecule has 1 saturated heterocycles. The second-order valence-corrected chi connectivity index (χ2v) is 9.51. The summed E-state index contributed by atoms with van der Waals surface area (Å²) < 4.78 is 14.0. The minimum atomic E-state index is -0.321. The van der Waals surface area contributed by atoms with E-state index in [9.17, 15) is 9.18 Å². The van der Waals surface area contributed by atoms with Crippen LogP contribution in [0.3, 0.4) is 0 Å². The van der Waals surface area contributed by atoms with E-state index in [4.69, 9.17) is 0 Å². The zero-order chi connectivity index (χ0) is 22.3. The van der Waals surface area contributed by atoms with E-state index in [1.807, 2.05) is 12.1 Å². The standard InChI is InChI=1S/C22H25FN6OS2/c1-2-28-10-12-29(13-11-28)19-8-6-17(7-9-19)24-20(30)15-31-22-27-26-21(32-22)25-18-5-3-4-16(23)14-18/h3-9,14H,2,10-13,15H2,1H3,(H,24,30)(H,25,26). The predicted molar refractivity (Wildman–Crippen MR) is 130 cm³/mol. The molecule has 1 fully saturated rings. The zero-order valence-corrected chi connectivity index (χ0v) is 19.4. The highest BCUT2D eigenvalue weighted by Crippen LogP contribution is 2.28. The molecular formula is C22H25FN6OS2. The summed E-state index contributed by atoms with van der Waals surface area (Å²) in [6.07, 6.45) is 0. The lowest BCUT2D eigenvalue weighted by atomic mass is 10.2. The van der Waals surface area contributed by atoms with Gasteiger partial charge in [0.25, 0.3) is 0 Å². The third kappa shape index (κ3) is 6.18. The Hall–Kier alpha value is -2.69. The Morgan fingerprint density at radius 1 is 1.09 bits per heavy atom. The number of nitrogens with zero attached hydrogens (tertiary/aromatic N) is 4. The lowest BCUT2D eigenvalue weighted by molar-refractivity contribution is -0.113. The number of nitrogens with one attached hydrogen (secondary N) is 2. The molecule has 32 heavy (non-hydrogen) atoms. The van der Waals surface area contributed by atoms with Crippen molar-refractivity contribution in [3.05, 3.63) is 54.3 Å². The number of amides is 1. The highest BCUT2D eigenvalue weighted by Gasteiger charge is 2.16. The Morgan fingerprint density at radius 3 is 2.59 bits per heavy atom. The summed E-state index contributed by atoms with van der Waals surface area (Å²) in [6.45, 7) is 7.49. The van der Waals surface area contributed by atoms with Crippen molar-refractivity contribution in [2.24, 2.45) is 0 Å². The molecule has 1 amide bonds. The average molecular weight is 473 g/mol. The van der Waals surface area contributed by atoms with E-state index in [0.29, 0.717) is 15.2 Å². The summed E-state index contributed by atoms with van der Waals surface area (Å²) in [5.41, 5.74) is 2.56. The molecule has 3 aromatic rings. The lowest BCUT2D eigenvalue weighted by Gasteiger charge is -2.35. The van der Waals surface area contributed by atoms with Crippen LogP contribution in [0.4, 0.5) is 26.6 Å². The third-order valence-corrected chi connectivity index (χ3v) is 7.12. The van der Waals surface area contributed by atoms with E-state index in [1.165, 1.54) is 40.9 Å². The quantitative estimate of drug-likeness (QED) is 0.474. The summed E-state index contributed by atoms with van der Waals surface area (Å²) in [7, 11) is 0. The molecule has 1 aliphatic heterocycles. The number of benzene rings is 2. The van der Waals surface area contributed by atoms with Gasteiger partial charge in [-0.2, -0.15) is 0 Å². The average Bonchev–Trinajstić information content (AvgIpc) is 3.25. The number of carbonyl (C=O) groups is 1. The minimum absolute atomic E-state index is 0.103. The van der Waals surface area contributed by atoms with E-state index in [2.05, 4.69) is 49.7 Å². The molecule has 0 bridgehead atoms. The van der Waals surface area contributed by atoms with Gasteiger partial charge in [-0.15, -0.1) is 10.2 Å². The second kappa shape index (κ2) is 10.8. The Balaban J connectivity index is 1.23. The van der Waals surface area contributed by atoms with Crippen molar-refractivity contribution >= 4 is 51.2 Å². The number of anilines is 4. The molecule has 0 saturated carbocycles. The zero-order valence-electron chi connectivity index (χ0n) is 17.8. The predicted octanol–water partition coefficient (Wildman–Crippen LogP) is 4.29. The maximum Gasteiger partial charge on any atom is 0.234 e. The van der Waals surface area contributed by atoms with Crippen molar-refractivity contribution in [2.75, 3.05) is 54.0 Å². The fourth-order valence-corrected chi connectivity index (χ4v) is 4.98. The van der Waals surface area contributed by atoms with Gasteiger partial charge in [-0.25, -0.2) is 4.39 Å². The molecule has 10 heteroatoms. The summed E-state index contributed by atoms with van der Waals surface area (Å²) in [5, 5.41) is 14.6. The molecule has 1 aliphatic rings. The van der Waals surface area contributed by atoms with Gasteiger partial charge in [0.15, 0.2) is 4.34 Å². The van der Waals surface area contributed by atoms with Gasteiger partial charge in [-0.1, -0.05) is 36.1 Å². The molecular weight excluding hydrogens is 447 g/mol. The molecule has 0 spiro atoms. The van der Waals surface area contributed by atoms with Crippen molar-refractivity contribution in [1.29, 1.82) is 0 Å². The monoisotopic (exact) mass is 472 g/mol. The molecule has 2 N–H and O–H groups in total. The highest BCUT2D eigenvalue weighted by molar-refractivity contribution is 8.01. The van der Waals surface area contributed by atoms with Gasteiger partial charge in [0.1, 0.15) is 5.82 Å². The van der Waals surface area contributed by atoms with Crippen LogP contribution in [0.5, 0.6) is 0 Å². The van der Waals surface area contributed by atoms with E-state index in [0.717, 1.165) is 38.4 Å². The van der Waals surface area contributed by atoms with Crippen molar-refractivity contribution < 1.29 is 9.18 Å². The molecule has 1 aromatic heterocycles. The molecule has 2 aromatic carbocycles. The van der Waals surface area contributed by atoms with Crippen LogP contribution in [0, 0.1) is 5.82 Å². The Bertz CT molecular complexity index is 1040. The molecule has 0 unspecified atom stereocenters. The number of thioether (sulfide) groups is 1. The maximum atomic E-state index is 13.3. The number of carbonyl (C=O) groups excluding carboxylic acids is 1. The number of piperazine rings is 1. The van der Waals surface area contributed by atoms with E-state index >= 15 is 0 Å². The number of hydrogen-bond donors (Lipinski definition) is 2. The summed E-state index contributed by atoms with van der Waals surface area (Å²) in [6, 6.07) is 14.1. The molecule has 0 atom stereocenters. The minimum Gasteiger partial charge on any atom is -0.369 e. The van der Waals surface area contributed by atoms with Crippen LogP contribution >= 0.6 is 23.1 Å². The lowest BCUT2D eigenvalue weighted by Crippen LogP contribution is -2.46. The van der Waals surface area contributed by atoms with Gasteiger partial charge >= 0.3 is 0 Å². The summed E-state index contributed by atoms with van der Waals surface area (Å²) >= 11 is 2.64. The van der Waals surface area contributed by atoms with E-state index in [1.54, 1.807) is 12.1 Å². The number of hydrogen-bond acceptors (Lipinski definition) is 8. The number of rotatable bonds is 8. The maximum absolute atomic E-state index is 13.3. The van der Waals surface area contributed by atoms with Crippen LogP contribution in [0.15, 0.2) is 52.9 Å². The molecule has 168 valence electrons. The Kier molecular flexibility index (Phi) is 7.56. The summed E-state index contributed by atoms with van der Waals surface area (Å²) in [5.74, 6) is -0.193. The van der Waals surface area contributed by atoms with Crippen molar-refractivity contribution in [2.45, 2.75) is 11.3 Å². The molecule has 4 rings (SSSR count). The Labute approximate surface area is 195 Å². The molecule has 2 heterocycles. The fourth-order valence-electron chi connectivity index (χ4n) is 3.41.